The van der Waals surface area contributed by atoms with E-state index in [0.29, 0.717) is 24.5 Å². The van der Waals surface area contributed by atoms with Gasteiger partial charge < -0.3 is 29.8 Å². The van der Waals surface area contributed by atoms with Gasteiger partial charge in [-0.25, -0.2) is 4.79 Å². The number of urea groups is 1. The van der Waals surface area contributed by atoms with E-state index in [9.17, 15) is 9.59 Å². The first-order valence-electron chi connectivity index (χ1n) is 11.2. The van der Waals surface area contributed by atoms with Gasteiger partial charge in [-0.1, -0.05) is 12.1 Å². The van der Waals surface area contributed by atoms with E-state index < -0.39 is 0 Å². The molecule has 9 nitrogen and oxygen atoms in total. The van der Waals surface area contributed by atoms with Crippen LogP contribution in [0.15, 0.2) is 71.3 Å². The second-order valence-electron chi connectivity index (χ2n) is 7.77. The normalized spacial score (nSPS) is 13.8. The molecule has 0 bridgehead atoms. The molecule has 0 radical (unpaired) electrons. The van der Waals surface area contributed by atoms with E-state index in [-0.39, 0.29) is 17.7 Å². The molecule has 4 rings (SSSR count). The molecule has 1 saturated heterocycles. The van der Waals surface area contributed by atoms with Crippen LogP contribution in [0.4, 0.5) is 16.2 Å². The van der Waals surface area contributed by atoms with Crippen molar-refractivity contribution >= 4 is 23.3 Å². The number of nitrogens with zero attached hydrogens (tertiary/aromatic N) is 1. The topological polar surface area (TPSA) is 105 Å². The van der Waals surface area contributed by atoms with Crippen LogP contribution in [0, 0.1) is 0 Å². The van der Waals surface area contributed by atoms with E-state index in [0.717, 1.165) is 44.2 Å². The maximum Gasteiger partial charge on any atom is 0.319 e. The van der Waals surface area contributed by atoms with Crippen molar-refractivity contribution in [3.8, 4) is 5.75 Å². The zero-order valence-corrected chi connectivity index (χ0v) is 18.8. The molecule has 2 aromatic carbocycles. The Morgan fingerprint density at radius 1 is 0.941 bits per heavy atom. The smallest absolute Gasteiger partial charge is 0.319 e. The second kappa shape index (κ2) is 11.9. The minimum absolute atomic E-state index is 0.230. The van der Waals surface area contributed by atoms with Crippen LogP contribution in [0.3, 0.4) is 0 Å². The van der Waals surface area contributed by atoms with Crippen molar-refractivity contribution < 1.29 is 23.5 Å². The van der Waals surface area contributed by atoms with Gasteiger partial charge in [0.15, 0.2) is 5.76 Å². The minimum atomic E-state index is -0.337. The van der Waals surface area contributed by atoms with Gasteiger partial charge in [0.1, 0.15) is 12.4 Å². The van der Waals surface area contributed by atoms with E-state index in [1.807, 2.05) is 24.3 Å². The highest BCUT2D eigenvalue weighted by Crippen LogP contribution is 2.16. The molecule has 9 heteroatoms. The molecule has 178 valence electrons. The monoisotopic (exact) mass is 464 g/mol. The Balaban J connectivity index is 1.19. The van der Waals surface area contributed by atoms with Crippen LogP contribution < -0.4 is 20.7 Å². The highest BCUT2D eigenvalue weighted by Gasteiger charge is 2.11. The Morgan fingerprint density at radius 2 is 1.71 bits per heavy atom. The number of hydrogen-bond acceptors (Lipinski definition) is 6. The molecule has 1 aromatic heterocycles. The van der Waals surface area contributed by atoms with Gasteiger partial charge in [-0.2, -0.15) is 0 Å². The Bertz CT molecular complexity index is 1060. The third kappa shape index (κ3) is 7.09. The fraction of sp³-hybridized carbons (Fsp3) is 0.280. The summed E-state index contributed by atoms with van der Waals surface area (Å²) in [6.07, 6.45) is 1.44. The van der Waals surface area contributed by atoms with Gasteiger partial charge in [-0.05, 0) is 54.1 Å². The zero-order chi connectivity index (χ0) is 23.6. The van der Waals surface area contributed by atoms with E-state index in [4.69, 9.17) is 13.9 Å². The third-order valence-electron chi connectivity index (χ3n) is 5.28. The van der Waals surface area contributed by atoms with E-state index in [2.05, 4.69) is 20.9 Å². The first-order chi connectivity index (χ1) is 16.7. The summed E-state index contributed by atoms with van der Waals surface area (Å²) >= 11 is 0. The van der Waals surface area contributed by atoms with Gasteiger partial charge in [0.05, 0.1) is 19.5 Å². The Kier molecular flexibility index (Phi) is 8.15. The summed E-state index contributed by atoms with van der Waals surface area (Å²) in [5.41, 5.74) is 2.14. The number of nitrogens with one attached hydrogen (secondary N) is 3. The second-order valence-corrected chi connectivity index (χ2v) is 7.77. The van der Waals surface area contributed by atoms with Gasteiger partial charge in [0, 0.05) is 37.6 Å². The van der Waals surface area contributed by atoms with Crippen LogP contribution in [-0.4, -0.2) is 56.3 Å². The Morgan fingerprint density at radius 3 is 2.44 bits per heavy atom. The fourth-order valence-corrected chi connectivity index (χ4v) is 3.46. The Labute approximate surface area is 198 Å². The van der Waals surface area contributed by atoms with E-state index in [1.54, 1.807) is 36.4 Å². The molecule has 1 aliphatic heterocycles. The molecule has 0 spiro atoms. The fourth-order valence-electron chi connectivity index (χ4n) is 3.46. The van der Waals surface area contributed by atoms with Crippen LogP contribution in [-0.2, 0) is 11.3 Å². The van der Waals surface area contributed by atoms with Crippen molar-refractivity contribution in [1.29, 1.82) is 0 Å². The summed E-state index contributed by atoms with van der Waals surface area (Å²) in [5.74, 6) is 0.670. The quantitative estimate of drug-likeness (QED) is 0.447. The zero-order valence-electron chi connectivity index (χ0n) is 18.8. The maximum atomic E-state index is 12.3. The number of morpholine rings is 1. The lowest BCUT2D eigenvalue weighted by atomic mass is 10.2. The van der Waals surface area contributed by atoms with Crippen molar-refractivity contribution in [3.05, 3.63) is 78.3 Å². The van der Waals surface area contributed by atoms with Crippen molar-refractivity contribution in [2.45, 2.75) is 6.54 Å². The summed E-state index contributed by atoms with van der Waals surface area (Å²) in [6.45, 7) is 5.25. The molecule has 0 aliphatic carbocycles. The average Bonchev–Trinajstić information content (AvgIpc) is 3.40. The number of anilines is 2. The largest absolute Gasteiger partial charge is 0.492 e. The molecule has 1 fully saturated rings. The van der Waals surface area contributed by atoms with Gasteiger partial charge in [0.25, 0.3) is 5.91 Å². The molecule has 34 heavy (non-hydrogen) atoms. The average molecular weight is 465 g/mol. The SMILES string of the molecule is O=C(NCc1cccc(OCCN2CCOCC2)c1)Nc1ccc(NC(=O)c2ccco2)cc1. The van der Waals surface area contributed by atoms with Crippen LogP contribution in [0.25, 0.3) is 0 Å². The summed E-state index contributed by atoms with van der Waals surface area (Å²) < 4.78 is 16.3. The molecule has 3 aromatic rings. The summed E-state index contributed by atoms with van der Waals surface area (Å²) in [5, 5.41) is 8.34. The van der Waals surface area contributed by atoms with Crippen molar-refractivity contribution in [2.75, 3.05) is 50.1 Å². The number of carbonyl (C=O) groups is 2. The number of furan rings is 1. The van der Waals surface area contributed by atoms with Crippen LogP contribution in [0.1, 0.15) is 16.1 Å². The summed E-state index contributed by atoms with van der Waals surface area (Å²) in [7, 11) is 0. The number of rotatable bonds is 9. The summed E-state index contributed by atoms with van der Waals surface area (Å²) in [6, 6.07) is 17.4. The van der Waals surface area contributed by atoms with Crippen LogP contribution in [0.2, 0.25) is 0 Å². The minimum Gasteiger partial charge on any atom is -0.492 e. The molecule has 1 aliphatic rings. The number of benzene rings is 2. The highest BCUT2D eigenvalue weighted by molar-refractivity contribution is 6.02. The predicted molar refractivity (Wildman–Crippen MR) is 128 cm³/mol. The molecule has 0 saturated carbocycles. The first-order valence-corrected chi connectivity index (χ1v) is 11.2. The Hall–Kier alpha value is -3.82. The van der Waals surface area contributed by atoms with Gasteiger partial charge in [-0.15, -0.1) is 0 Å². The first kappa shape index (κ1) is 23.3. The third-order valence-corrected chi connectivity index (χ3v) is 5.28. The van der Waals surface area contributed by atoms with Gasteiger partial charge in [-0.3, -0.25) is 9.69 Å². The lowest BCUT2D eigenvalue weighted by molar-refractivity contribution is 0.0322. The van der Waals surface area contributed by atoms with Crippen molar-refractivity contribution in [3.63, 3.8) is 0 Å². The molecular weight excluding hydrogens is 436 g/mol. The van der Waals surface area contributed by atoms with Crippen LogP contribution >= 0.6 is 0 Å². The maximum absolute atomic E-state index is 12.3. The molecule has 0 unspecified atom stereocenters. The van der Waals surface area contributed by atoms with Crippen LogP contribution in [0.5, 0.6) is 5.75 Å². The van der Waals surface area contributed by atoms with Gasteiger partial charge in [0.2, 0.25) is 0 Å². The summed E-state index contributed by atoms with van der Waals surface area (Å²) in [4.78, 5) is 26.6. The number of carbonyl (C=O) groups excluding carboxylic acids is 2. The number of amides is 3. The van der Waals surface area contributed by atoms with E-state index in [1.165, 1.54) is 6.26 Å². The molecule has 0 atom stereocenters. The van der Waals surface area contributed by atoms with Crippen molar-refractivity contribution in [1.82, 2.24) is 10.2 Å². The molecule has 3 N–H and O–H groups in total. The molecular formula is C25H28N4O5. The lowest BCUT2D eigenvalue weighted by Gasteiger charge is -2.26. The van der Waals surface area contributed by atoms with Gasteiger partial charge >= 0.3 is 6.03 Å². The lowest BCUT2D eigenvalue weighted by Crippen LogP contribution is -2.38. The highest BCUT2D eigenvalue weighted by atomic mass is 16.5. The van der Waals surface area contributed by atoms with E-state index >= 15 is 0 Å². The number of hydrogen-bond donors (Lipinski definition) is 3. The molecule has 2 heterocycles. The predicted octanol–water partition coefficient (Wildman–Crippen LogP) is 3.56. The molecule has 3 amide bonds. The van der Waals surface area contributed by atoms with Crippen molar-refractivity contribution in [2.24, 2.45) is 0 Å². The standard InChI is InChI=1S/C25H28N4O5/c30-24(23-5-2-13-34-23)27-20-6-8-21(9-7-20)28-25(31)26-18-19-3-1-4-22(17-19)33-16-12-29-10-14-32-15-11-29/h1-9,13,17H,10-12,14-16,18H2,(H,27,30)(H2,26,28,31). The number of ether oxygens (including phenoxy) is 2.